The minimum Gasteiger partial charge on any atom is -0.410 e. The van der Waals surface area contributed by atoms with Gasteiger partial charge < -0.3 is 4.74 Å². The maximum absolute atomic E-state index is 13.2. The third-order valence-electron chi connectivity index (χ3n) is 3.60. The first-order valence-electron chi connectivity index (χ1n) is 7.69. The van der Waals surface area contributed by atoms with Crippen molar-refractivity contribution in [3.63, 3.8) is 0 Å². The maximum Gasteiger partial charge on any atom is 0.435 e. The number of alkyl halides is 3. The van der Waals surface area contributed by atoms with Crippen LogP contribution in [0.1, 0.15) is 5.69 Å². The predicted molar refractivity (Wildman–Crippen MR) is 94.4 cm³/mol. The number of ether oxygens (including phenoxy) is 1. The van der Waals surface area contributed by atoms with E-state index >= 15 is 0 Å². The summed E-state index contributed by atoms with van der Waals surface area (Å²) in [7, 11) is 1.30. The number of carbonyl (C=O) groups is 1. The van der Waals surface area contributed by atoms with Crippen LogP contribution < -0.4 is 9.64 Å². The first-order chi connectivity index (χ1) is 12.8. The molecule has 0 spiro atoms. The molecule has 1 heterocycles. The summed E-state index contributed by atoms with van der Waals surface area (Å²) in [5, 5.41) is 3.90. The molecule has 0 aliphatic rings. The van der Waals surface area contributed by atoms with Gasteiger partial charge in [0.05, 0.1) is 5.69 Å². The summed E-state index contributed by atoms with van der Waals surface area (Å²) >= 11 is 5.92. The van der Waals surface area contributed by atoms with Crippen LogP contribution in [-0.4, -0.2) is 22.9 Å². The number of rotatable bonds is 3. The predicted octanol–water partition coefficient (Wildman–Crippen LogP) is 5.18. The molecule has 0 aliphatic carbocycles. The van der Waals surface area contributed by atoms with Crippen LogP contribution in [0.15, 0.2) is 60.7 Å². The van der Waals surface area contributed by atoms with E-state index in [1.54, 1.807) is 42.5 Å². The van der Waals surface area contributed by atoms with Gasteiger partial charge in [-0.3, -0.25) is 4.90 Å². The number of halogens is 4. The van der Waals surface area contributed by atoms with Crippen LogP contribution in [0.25, 0.3) is 5.69 Å². The minimum atomic E-state index is -4.68. The number of carbonyl (C=O) groups excluding carboxylic acids is 1. The highest BCUT2D eigenvalue weighted by molar-refractivity contribution is 6.30. The second kappa shape index (κ2) is 7.32. The van der Waals surface area contributed by atoms with E-state index in [9.17, 15) is 18.0 Å². The van der Waals surface area contributed by atoms with Gasteiger partial charge >= 0.3 is 12.3 Å². The number of aromatic nitrogens is 2. The van der Waals surface area contributed by atoms with E-state index in [1.807, 2.05) is 0 Å². The first kappa shape index (κ1) is 18.8. The second-order valence-corrected chi connectivity index (χ2v) is 5.95. The number of benzene rings is 2. The lowest BCUT2D eigenvalue weighted by Gasteiger charge is -2.18. The zero-order valence-electron chi connectivity index (χ0n) is 13.9. The average Bonchev–Trinajstić information content (AvgIpc) is 3.07. The Labute approximate surface area is 157 Å². The molecule has 1 aromatic heterocycles. The number of hydrogen-bond donors (Lipinski definition) is 0. The number of amides is 1. The molecule has 3 aromatic rings. The van der Waals surface area contributed by atoms with Gasteiger partial charge in [0.15, 0.2) is 5.69 Å². The molecular weight excluding hydrogens is 383 g/mol. The molecule has 2 aromatic carbocycles. The SMILES string of the molecule is CN(C(=O)Oc1ccccc1)c1cc(C(F)(F)F)nn1-c1cccc(Cl)c1. The van der Waals surface area contributed by atoms with Crippen LogP contribution in [0.5, 0.6) is 5.75 Å². The topological polar surface area (TPSA) is 47.4 Å². The monoisotopic (exact) mass is 395 g/mol. The standard InChI is InChI=1S/C18H13ClF3N3O2/c1-24(17(26)27-14-8-3-2-4-9-14)16-11-15(18(20,21)22)23-25(16)13-7-5-6-12(19)10-13/h2-11H,1H3. The Morgan fingerprint density at radius 3 is 2.44 bits per heavy atom. The van der Waals surface area contributed by atoms with Gasteiger partial charge in [0.2, 0.25) is 0 Å². The van der Waals surface area contributed by atoms with Crippen LogP contribution in [0, 0.1) is 0 Å². The van der Waals surface area contributed by atoms with Crippen molar-refractivity contribution in [2.75, 3.05) is 11.9 Å². The highest BCUT2D eigenvalue weighted by Crippen LogP contribution is 2.33. The van der Waals surface area contributed by atoms with Crippen molar-refractivity contribution in [2.24, 2.45) is 0 Å². The van der Waals surface area contributed by atoms with Gasteiger partial charge in [-0.05, 0) is 30.3 Å². The molecule has 0 saturated heterocycles. The van der Waals surface area contributed by atoms with E-state index in [2.05, 4.69) is 5.10 Å². The lowest BCUT2D eigenvalue weighted by atomic mass is 10.3. The fourth-order valence-electron chi connectivity index (χ4n) is 2.30. The largest absolute Gasteiger partial charge is 0.435 e. The molecule has 5 nitrogen and oxygen atoms in total. The van der Waals surface area contributed by atoms with Crippen molar-refractivity contribution in [3.05, 3.63) is 71.4 Å². The highest BCUT2D eigenvalue weighted by Gasteiger charge is 2.36. The molecule has 0 N–H and O–H groups in total. The smallest absolute Gasteiger partial charge is 0.410 e. The van der Waals surface area contributed by atoms with Crippen LogP contribution in [0.3, 0.4) is 0 Å². The fraction of sp³-hybridized carbons (Fsp3) is 0.111. The Bertz CT molecular complexity index is 958. The molecule has 1 amide bonds. The molecule has 140 valence electrons. The summed E-state index contributed by atoms with van der Waals surface area (Å²) in [5.41, 5.74) is -0.871. The zero-order chi connectivity index (χ0) is 19.6. The molecular formula is C18H13ClF3N3O2. The van der Waals surface area contributed by atoms with Crippen LogP contribution in [0.4, 0.5) is 23.8 Å². The van der Waals surface area contributed by atoms with Crippen molar-refractivity contribution in [1.82, 2.24) is 9.78 Å². The molecule has 0 bridgehead atoms. The molecule has 0 radical (unpaired) electrons. The average molecular weight is 396 g/mol. The highest BCUT2D eigenvalue weighted by atomic mass is 35.5. The summed E-state index contributed by atoms with van der Waals surface area (Å²) in [6.07, 6.45) is -5.54. The summed E-state index contributed by atoms with van der Waals surface area (Å²) in [4.78, 5) is 13.3. The Kier molecular flexibility index (Phi) is 5.09. The number of hydrogen-bond acceptors (Lipinski definition) is 3. The molecule has 0 atom stereocenters. The number of anilines is 1. The van der Waals surface area contributed by atoms with Gasteiger partial charge in [-0.1, -0.05) is 35.9 Å². The van der Waals surface area contributed by atoms with E-state index < -0.39 is 18.0 Å². The van der Waals surface area contributed by atoms with Crippen LogP contribution in [-0.2, 0) is 6.18 Å². The van der Waals surface area contributed by atoms with E-state index in [0.717, 1.165) is 15.6 Å². The van der Waals surface area contributed by atoms with E-state index in [0.29, 0.717) is 5.02 Å². The summed E-state index contributed by atoms with van der Waals surface area (Å²) in [6, 6.07) is 15.1. The van der Waals surface area contributed by atoms with E-state index in [4.69, 9.17) is 16.3 Å². The van der Waals surface area contributed by atoms with Gasteiger partial charge in [0.25, 0.3) is 0 Å². The Hall–Kier alpha value is -3.00. The van der Waals surface area contributed by atoms with Gasteiger partial charge in [-0.25, -0.2) is 9.48 Å². The summed E-state index contributed by atoms with van der Waals surface area (Å²) < 4.78 is 45.6. The van der Waals surface area contributed by atoms with Crippen molar-refractivity contribution in [1.29, 1.82) is 0 Å². The van der Waals surface area contributed by atoms with Gasteiger partial charge in [-0.2, -0.15) is 18.3 Å². The van der Waals surface area contributed by atoms with Crippen LogP contribution in [0.2, 0.25) is 5.02 Å². The van der Waals surface area contributed by atoms with Gasteiger partial charge in [0, 0.05) is 18.1 Å². The first-order valence-corrected chi connectivity index (χ1v) is 8.07. The normalized spacial score (nSPS) is 11.3. The fourth-order valence-corrected chi connectivity index (χ4v) is 2.48. The molecule has 27 heavy (non-hydrogen) atoms. The van der Waals surface area contributed by atoms with E-state index in [-0.39, 0.29) is 17.3 Å². The van der Waals surface area contributed by atoms with Crippen molar-refractivity contribution in [3.8, 4) is 11.4 Å². The summed E-state index contributed by atoms with van der Waals surface area (Å²) in [5.74, 6) is 0.143. The molecule has 0 saturated carbocycles. The zero-order valence-corrected chi connectivity index (χ0v) is 14.7. The molecule has 0 fully saturated rings. The Balaban J connectivity index is 2.00. The van der Waals surface area contributed by atoms with Crippen LogP contribution >= 0.6 is 11.6 Å². The lowest BCUT2D eigenvalue weighted by Crippen LogP contribution is -2.31. The Morgan fingerprint density at radius 1 is 1.11 bits per heavy atom. The van der Waals surface area contributed by atoms with Gasteiger partial charge in [0.1, 0.15) is 11.6 Å². The lowest BCUT2D eigenvalue weighted by molar-refractivity contribution is -0.141. The number of nitrogens with zero attached hydrogens (tertiary/aromatic N) is 3. The van der Waals surface area contributed by atoms with Crippen molar-refractivity contribution >= 4 is 23.5 Å². The molecule has 9 heteroatoms. The molecule has 0 unspecified atom stereocenters. The van der Waals surface area contributed by atoms with E-state index in [1.165, 1.54) is 19.2 Å². The quantitative estimate of drug-likeness (QED) is 0.614. The van der Waals surface area contributed by atoms with Gasteiger partial charge in [-0.15, -0.1) is 0 Å². The molecule has 3 rings (SSSR count). The third kappa shape index (κ3) is 4.22. The third-order valence-corrected chi connectivity index (χ3v) is 3.83. The number of para-hydroxylation sites is 1. The minimum absolute atomic E-state index is 0.120. The van der Waals surface area contributed by atoms with Crippen molar-refractivity contribution < 1.29 is 22.7 Å². The maximum atomic E-state index is 13.2. The second-order valence-electron chi connectivity index (χ2n) is 5.52. The molecule has 0 aliphatic heterocycles. The summed E-state index contributed by atoms with van der Waals surface area (Å²) in [6.45, 7) is 0. The Morgan fingerprint density at radius 2 is 1.81 bits per heavy atom. The van der Waals surface area contributed by atoms with Crippen molar-refractivity contribution in [2.45, 2.75) is 6.18 Å².